The second kappa shape index (κ2) is 33.2. The molecule has 4 rings (SSSR count). The standard InChI is InChI=1S/C56H83N15O15/c1-26(2)43(69-55(85)45(31(7)75)71-56(86)44(30(6)74)70-49(79)36(58)24-72)54(84)65-39(18-12-13-19-57)50(80)64-28(4)47(77)63-29(5)48(78)68-42(25-73)53(83)67-41(21-33-23-61-38-17-11-9-15-35(33)38)52(82)66-40(51(81)62-27(3)46(59)76)20-32-22-60-37-16-10-8-14-34(32)37/h8-11,14-17,22-23,26-31,36,39-45,60-61,72-75H,12-13,18-21,24-25,57-58H2,1-7H3,(H2,59,76)(H,62,81)(H,63,77)(H,64,80)(H,65,84)(H,66,82)(H,67,83)(H,68,78)(H,69,85)(H,70,79)(H,71,86)/t27-,28-,29-,30+,31+,36-,39-,40-,41-,42-,43-,44-,45-/m0/s1. The molecule has 30 nitrogen and oxygen atoms in total. The number of benzene rings is 2. The number of H-pyrrole nitrogens is 2. The molecule has 0 aliphatic heterocycles. The van der Waals surface area contributed by atoms with Gasteiger partial charge in [0.1, 0.15) is 66.5 Å². The number of aromatic amines is 2. The quantitative estimate of drug-likeness (QED) is 0.0194. The van der Waals surface area contributed by atoms with Crippen LogP contribution in [0.2, 0.25) is 0 Å². The lowest BCUT2D eigenvalue weighted by molar-refractivity contribution is -0.138. The summed E-state index contributed by atoms with van der Waals surface area (Å²) in [6.07, 6.45) is 0.643. The van der Waals surface area contributed by atoms with Gasteiger partial charge in [-0.15, -0.1) is 0 Å². The van der Waals surface area contributed by atoms with Crippen molar-refractivity contribution in [1.29, 1.82) is 0 Å². The van der Waals surface area contributed by atoms with Gasteiger partial charge >= 0.3 is 0 Å². The molecular formula is C56H83N15O15. The molecule has 13 atom stereocenters. The Morgan fingerprint density at radius 3 is 1.29 bits per heavy atom. The maximum absolute atomic E-state index is 14.4. The molecule has 2 aromatic heterocycles. The second-order valence-corrected chi connectivity index (χ2v) is 21.4. The fraction of sp³-hybridized carbons (Fsp3) is 0.518. The van der Waals surface area contributed by atoms with E-state index in [0.29, 0.717) is 34.9 Å². The molecule has 2 aromatic carbocycles. The molecule has 11 amide bonds. The van der Waals surface area contributed by atoms with Gasteiger partial charge in [0.05, 0.1) is 25.4 Å². The first-order chi connectivity index (χ1) is 40.6. The Balaban J connectivity index is 1.46. The summed E-state index contributed by atoms with van der Waals surface area (Å²) in [7, 11) is 0. The molecule has 30 heteroatoms. The summed E-state index contributed by atoms with van der Waals surface area (Å²) in [5.41, 5.74) is 19.3. The monoisotopic (exact) mass is 1210 g/mol. The van der Waals surface area contributed by atoms with Gasteiger partial charge in [-0.3, -0.25) is 52.7 Å². The Morgan fingerprint density at radius 1 is 0.453 bits per heavy atom. The number of carbonyl (C=O) groups excluding carboxylic acids is 11. The van der Waals surface area contributed by atoms with Crippen molar-refractivity contribution in [3.05, 3.63) is 72.1 Å². The average Bonchev–Trinajstić information content (AvgIpc) is 4.18. The van der Waals surface area contributed by atoms with E-state index in [2.05, 4.69) is 63.1 Å². The highest BCUT2D eigenvalue weighted by atomic mass is 16.3. The Kier molecular flexibility index (Phi) is 27.0. The van der Waals surface area contributed by atoms with E-state index in [9.17, 15) is 73.2 Å². The van der Waals surface area contributed by atoms with Crippen molar-refractivity contribution >= 4 is 86.8 Å². The number of rotatable bonds is 34. The van der Waals surface area contributed by atoms with Crippen molar-refractivity contribution in [2.24, 2.45) is 23.1 Å². The maximum Gasteiger partial charge on any atom is 0.245 e. The highest BCUT2D eigenvalue weighted by molar-refractivity contribution is 6.00. The predicted molar refractivity (Wildman–Crippen MR) is 313 cm³/mol. The van der Waals surface area contributed by atoms with Gasteiger partial charge < -0.3 is 101 Å². The minimum absolute atomic E-state index is 0.00843. The third-order valence-electron chi connectivity index (χ3n) is 14.1. The van der Waals surface area contributed by atoms with Crippen molar-refractivity contribution in [1.82, 2.24) is 63.1 Å². The number of fused-ring (bicyclic) bond motifs is 2. The first kappa shape index (κ1) is 69.9. The molecule has 0 saturated carbocycles. The summed E-state index contributed by atoms with van der Waals surface area (Å²) in [6.45, 7) is 7.77. The zero-order chi connectivity index (χ0) is 64.1. The van der Waals surface area contributed by atoms with Gasteiger partial charge in [0, 0.05) is 47.0 Å². The van der Waals surface area contributed by atoms with Crippen LogP contribution in [0.25, 0.3) is 21.8 Å². The molecule has 0 aliphatic rings. The Morgan fingerprint density at radius 2 is 0.837 bits per heavy atom. The highest BCUT2D eigenvalue weighted by Crippen LogP contribution is 2.22. The molecule has 2 heterocycles. The van der Waals surface area contributed by atoms with Gasteiger partial charge in [-0.1, -0.05) is 50.2 Å². The zero-order valence-electron chi connectivity index (χ0n) is 49.0. The van der Waals surface area contributed by atoms with Crippen molar-refractivity contribution in [3.8, 4) is 0 Å². The first-order valence-corrected chi connectivity index (χ1v) is 28.1. The van der Waals surface area contributed by atoms with Gasteiger partial charge in [0.25, 0.3) is 0 Å². The fourth-order valence-electron chi connectivity index (χ4n) is 8.86. The number of amides is 11. The number of hydrogen-bond donors (Lipinski definition) is 19. The summed E-state index contributed by atoms with van der Waals surface area (Å²) >= 11 is 0. The Bertz CT molecular complexity index is 3020. The van der Waals surface area contributed by atoms with E-state index >= 15 is 0 Å². The van der Waals surface area contributed by atoms with Crippen LogP contribution >= 0.6 is 0 Å². The van der Waals surface area contributed by atoms with Crippen molar-refractivity contribution in [3.63, 3.8) is 0 Å². The number of aliphatic hydroxyl groups excluding tert-OH is 4. The van der Waals surface area contributed by atoms with E-state index in [0.717, 1.165) is 24.8 Å². The topological polar surface area (TPSA) is 499 Å². The minimum atomic E-state index is -1.75. The number of nitrogens with one attached hydrogen (secondary N) is 12. The van der Waals surface area contributed by atoms with Crippen LogP contribution < -0.4 is 70.4 Å². The van der Waals surface area contributed by atoms with E-state index < -0.39 is 163 Å². The Labute approximate surface area is 495 Å². The van der Waals surface area contributed by atoms with Crippen LogP contribution in [0.5, 0.6) is 0 Å². The van der Waals surface area contributed by atoms with Gasteiger partial charge in [-0.25, -0.2) is 0 Å². The number of aliphatic hydroxyl groups is 4. The number of aromatic nitrogens is 2. The molecule has 0 aliphatic carbocycles. The van der Waals surface area contributed by atoms with Crippen LogP contribution in [0.1, 0.15) is 78.9 Å². The van der Waals surface area contributed by atoms with Crippen molar-refractivity contribution < 1.29 is 73.2 Å². The summed E-state index contributed by atoms with van der Waals surface area (Å²) in [5.74, 6) is -11.0. The first-order valence-electron chi connectivity index (χ1n) is 28.1. The minimum Gasteiger partial charge on any atom is -0.394 e. The van der Waals surface area contributed by atoms with E-state index in [4.69, 9.17) is 17.2 Å². The van der Waals surface area contributed by atoms with Crippen LogP contribution in [0, 0.1) is 5.92 Å². The van der Waals surface area contributed by atoms with Gasteiger partial charge in [0.15, 0.2) is 0 Å². The largest absolute Gasteiger partial charge is 0.394 e. The highest BCUT2D eigenvalue weighted by Gasteiger charge is 2.38. The summed E-state index contributed by atoms with van der Waals surface area (Å²) < 4.78 is 0. The van der Waals surface area contributed by atoms with Crippen LogP contribution in [0.3, 0.4) is 0 Å². The normalized spacial score (nSPS) is 15.9. The van der Waals surface area contributed by atoms with E-state index in [-0.39, 0.29) is 25.8 Å². The number of hydrogen-bond acceptors (Lipinski definition) is 17. The van der Waals surface area contributed by atoms with Crippen LogP contribution in [0.4, 0.5) is 0 Å². The molecule has 0 bridgehead atoms. The number of nitrogens with two attached hydrogens (primary N) is 3. The van der Waals surface area contributed by atoms with E-state index in [1.54, 1.807) is 56.6 Å². The van der Waals surface area contributed by atoms with Crippen molar-refractivity contribution in [2.75, 3.05) is 19.8 Å². The smallest absolute Gasteiger partial charge is 0.245 e. The third kappa shape index (κ3) is 20.0. The fourth-order valence-corrected chi connectivity index (χ4v) is 8.86. The molecule has 0 saturated heterocycles. The van der Waals surface area contributed by atoms with E-state index in [1.165, 1.54) is 20.8 Å². The second-order valence-electron chi connectivity index (χ2n) is 21.4. The number of unbranched alkanes of at least 4 members (excludes halogenated alkanes) is 1. The summed E-state index contributed by atoms with van der Waals surface area (Å²) in [6, 6.07) is -1.66. The van der Waals surface area contributed by atoms with E-state index in [1.807, 2.05) is 18.2 Å². The third-order valence-corrected chi connectivity index (χ3v) is 14.1. The molecule has 0 unspecified atom stereocenters. The number of primary amides is 1. The molecule has 22 N–H and O–H groups in total. The molecule has 472 valence electrons. The zero-order valence-corrected chi connectivity index (χ0v) is 49.0. The van der Waals surface area contributed by atoms with Crippen LogP contribution in [0.15, 0.2) is 60.9 Å². The molecule has 86 heavy (non-hydrogen) atoms. The lowest BCUT2D eigenvalue weighted by Gasteiger charge is -2.30. The summed E-state index contributed by atoms with van der Waals surface area (Å²) in [4.78, 5) is 155. The van der Waals surface area contributed by atoms with Crippen LogP contribution in [-0.4, -0.2) is 194 Å². The Hall–Kier alpha value is -8.55. The predicted octanol–water partition coefficient (Wildman–Crippen LogP) is -5.31. The number of para-hydroxylation sites is 2. The van der Waals surface area contributed by atoms with Gasteiger partial charge in [0.2, 0.25) is 65.0 Å². The molecule has 0 spiro atoms. The lowest BCUT2D eigenvalue weighted by Crippen LogP contribution is -2.63. The van der Waals surface area contributed by atoms with Gasteiger partial charge in [-0.05, 0) is 89.6 Å². The SMILES string of the molecule is CC(C)[C@H](NC(=O)[C@@H](NC(=O)[C@@H](NC(=O)[C@@H](N)CO)[C@@H](C)O)[C@@H](C)O)C(=O)N[C@@H](CCCCN)C(=O)N[C@@H](C)C(=O)N[C@@H](C)C(=O)N[C@@H](CO)C(=O)N[C@@H](Cc1c[nH]c2ccccc12)C(=O)N[C@@H](Cc1c[nH]c2ccccc12)C(=O)N[C@@H](C)C(N)=O. The molecule has 4 aromatic rings. The summed E-state index contributed by atoms with van der Waals surface area (Å²) in [5, 5.41) is 66.4. The molecule has 0 fully saturated rings. The number of carbonyl (C=O) groups is 11. The van der Waals surface area contributed by atoms with Crippen molar-refractivity contribution in [2.45, 2.75) is 159 Å². The van der Waals surface area contributed by atoms with Crippen LogP contribution in [-0.2, 0) is 65.6 Å². The van der Waals surface area contributed by atoms with Gasteiger partial charge in [-0.2, -0.15) is 0 Å². The average molecular weight is 1210 g/mol. The molecular weight excluding hydrogens is 1120 g/mol. The lowest BCUT2D eigenvalue weighted by atomic mass is 10.0. The maximum atomic E-state index is 14.4. The molecule has 0 radical (unpaired) electrons.